The van der Waals surface area contributed by atoms with Crippen molar-refractivity contribution in [1.29, 1.82) is 0 Å². The summed E-state index contributed by atoms with van der Waals surface area (Å²) >= 11 is 0. The molecule has 1 aromatic rings. The highest BCUT2D eigenvalue weighted by Gasteiger charge is 2.29. The molecule has 17 heavy (non-hydrogen) atoms. The summed E-state index contributed by atoms with van der Waals surface area (Å²) in [4.78, 5) is 6.82. The minimum Gasteiger partial charge on any atom is -0.368 e. The number of anilines is 1. The Balaban J connectivity index is 2.15. The molecule has 0 spiro atoms. The lowest BCUT2D eigenvalue weighted by Gasteiger charge is -2.26. The van der Waals surface area contributed by atoms with E-state index in [9.17, 15) is 0 Å². The highest BCUT2D eigenvalue weighted by Crippen LogP contribution is 2.33. The minimum absolute atomic E-state index is 0.777. The topological polar surface area (TPSA) is 28.2 Å². The van der Waals surface area contributed by atoms with Crippen LogP contribution in [0.1, 0.15) is 38.2 Å². The van der Waals surface area contributed by atoms with Crippen LogP contribution in [0.5, 0.6) is 0 Å². The number of pyridine rings is 1. The maximum atomic E-state index is 4.24. The van der Waals surface area contributed by atoms with Gasteiger partial charge in [-0.15, -0.1) is 0 Å². The Morgan fingerprint density at radius 3 is 2.94 bits per heavy atom. The third-order valence-corrected chi connectivity index (χ3v) is 3.29. The van der Waals surface area contributed by atoms with Crippen molar-refractivity contribution in [2.75, 3.05) is 18.5 Å². The zero-order valence-electron chi connectivity index (χ0n) is 10.9. The van der Waals surface area contributed by atoms with Crippen molar-refractivity contribution in [2.24, 2.45) is 0 Å². The van der Waals surface area contributed by atoms with E-state index in [1.807, 2.05) is 19.4 Å². The molecule has 0 radical (unpaired) electrons. The number of nitrogens with zero attached hydrogens (tertiary/aromatic N) is 2. The molecule has 1 aromatic heterocycles. The molecule has 0 bridgehead atoms. The lowest BCUT2D eigenvalue weighted by atomic mass is 10.2. The Morgan fingerprint density at radius 1 is 1.47 bits per heavy atom. The second-order valence-corrected chi connectivity index (χ2v) is 4.81. The maximum Gasteiger partial charge on any atom is 0.0445 e. The number of rotatable bonds is 7. The molecule has 2 rings (SSSR count). The van der Waals surface area contributed by atoms with Crippen molar-refractivity contribution in [3.05, 3.63) is 24.0 Å². The van der Waals surface area contributed by atoms with E-state index in [0.717, 1.165) is 12.6 Å². The second-order valence-electron chi connectivity index (χ2n) is 4.81. The summed E-state index contributed by atoms with van der Waals surface area (Å²) in [6, 6.07) is 2.94. The van der Waals surface area contributed by atoms with E-state index in [-0.39, 0.29) is 0 Å². The Morgan fingerprint density at radius 2 is 2.29 bits per heavy atom. The summed E-state index contributed by atoms with van der Waals surface area (Å²) in [5, 5.41) is 3.23. The van der Waals surface area contributed by atoms with Gasteiger partial charge < -0.3 is 10.2 Å². The molecule has 1 aliphatic carbocycles. The minimum atomic E-state index is 0.777. The van der Waals surface area contributed by atoms with Gasteiger partial charge in [0.15, 0.2) is 0 Å². The van der Waals surface area contributed by atoms with Gasteiger partial charge in [-0.2, -0.15) is 0 Å². The Kier molecular flexibility index (Phi) is 4.37. The SMILES string of the molecule is CCCCN(c1ccncc1CNC)C1CC1. The average molecular weight is 233 g/mol. The van der Waals surface area contributed by atoms with Crippen LogP contribution in [-0.2, 0) is 6.54 Å². The summed E-state index contributed by atoms with van der Waals surface area (Å²) < 4.78 is 0. The van der Waals surface area contributed by atoms with Gasteiger partial charge in [-0.25, -0.2) is 0 Å². The highest BCUT2D eigenvalue weighted by atomic mass is 15.2. The van der Waals surface area contributed by atoms with Gasteiger partial charge >= 0.3 is 0 Å². The molecule has 0 saturated heterocycles. The summed E-state index contributed by atoms with van der Waals surface area (Å²) in [6.07, 6.45) is 9.15. The van der Waals surface area contributed by atoms with Crippen LogP contribution >= 0.6 is 0 Å². The third-order valence-electron chi connectivity index (χ3n) is 3.29. The van der Waals surface area contributed by atoms with Crippen LogP contribution in [0.25, 0.3) is 0 Å². The van der Waals surface area contributed by atoms with E-state index in [1.54, 1.807) is 0 Å². The molecule has 0 aliphatic heterocycles. The van der Waals surface area contributed by atoms with Crippen molar-refractivity contribution >= 4 is 5.69 Å². The van der Waals surface area contributed by atoms with Crippen molar-refractivity contribution < 1.29 is 0 Å². The van der Waals surface area contributed by atoms with Gasteiger partial charge in [0.1, 0.15) is 0 Å². The van der Waals surface area contributed by atoms with Gasteiger partial charge in [-0.3, -0.25) is 4.98 Å². The van der Waals surface area contributed by atoms with Crippen molar-refractivity contribution in [3.63, 3.8) is 0 Å². The Bertz CT molecular complexity index is 347. The number of hydrogen-bond acceptors (Lipinski definition) is 3. The van der Waals surface area contributed by atoms with E-state index in [2.05, 4.69) is 28.2 Å². The summed E-state index contributed by atoms with van der Waals surface area (Å²) in [5.41, 5.74) is 2.70. The highest BCUT2D eigenvalue weighted by molar-refractivity contribution is 5.54. The van der Waals surface area contributed by atoms with Crippen LogP contribution in [0.2, 0.25) is 0 Å². The van der Waals surface area contributed by atoms with E-state index < -0.39 is 0 Å². The lowest BCUT2D eigenvalue weighted by molar-refractivity contribution is 0.703. The molecule has 0 unspecified atom stereocenters. The van der Waals surface area contributed by atoms with Crippen LogP contribution in [0, 0.1) is 0 Å². The molecule has 1 aliphatic rings. The number of hydrogen-bond donors (Lipinski definition) is 1. The fourth-order valence-corrected chi connectivity index (χ4v) is 2.24. The predicted octanol–water partition coefficient (Wildman–Crippen LogP) is 2.57. The number of unbranched alkanes of at least 4 members (excludes halogenated alkanes) is 1. The summed E-state index contributed by atoms with van der Waals surface area (Å²) in [6.45, 7) is 4.34. The monoisotopic (exact) mass is 233 g/mol. The third kappa shape index (κ3) is 3.19. The van der Waals surface area contributed by atoms with Gasteiger partial charge in [-0.05, 0) is 32.4 Å². The Hall–Kier alpha value is -1.09. The molecule has 1 saturated carbocycles. The standard InChI is InChI=1S/C14H23N3/c1-3-4-9-17(13-5-6-13)14-7-8-16-11-12(14)10-15-2/h7-8,11,13,15H,3-6,9-10H2,1-2H3. The number of aromatic nitrogens is 1. The van der Waals surface area contributed by atoms with E-state index in [4.69, 9.17) is 0 Å². The average Bonchev–Trinajstić information content (AvgIpc) is 3.16. The first-order valence-electron chi connectivity index (χ1n) is 6.71. The quantitative estimate of drug-likeness (QED) is 0.784. The molecule has 1 fully saturated rings. The smallest absolute Gasteiger partial charge is 0.0445 e. The van der Waals surface area contributed by atoms with Crippen LogP contribution in [0.3, 0.4) is 0 Å². The van der Waals surface area contributed by atoms with Gasteiger partial charge in [0.25, 0.3) is 0 Å². The van der Waals surface area contributed by atoms with Crippen LogP contribution in [-0.4, -0.2) is 24.6 Å². The first-order chi connectivity index (χ1) is 8.36. The molecule has 0 atom stereocenters. The molecular weight excluding hydrogens is 210 g/mol. The zero-order chi connectivity index (χ0) is 12.1. The van der Waals surface area contributed by atoms with Gasteiger partial charge in [0.05, 0.1) is 0 Å². The van der Waals surface area contributed by atoms with E-state index in [0.29, 0.717) is 0 Å². The summed E-state index contributed by atoms with van der Waals surface area (Å²) in [7, 11) is 1.99. The largest absolute Gasteiger partial charge is 0.368 e. The number of nitrogens with one attached hydrogen (secondary N) is 1. The van der Waals surface area contributed by atoms with Crippen molar-refractivity contribution in [3.8, 4) is 0 Å². The first kappa shape index (κ1) is 12.4. The van der Waals surface area contributed by atoms with Gasteiger partial charge in [0.2, 0.25) is 0 Å². The molecule has 94 valence electrons. The maximum absolute atomic E-state index is 4.24. The lowest BCUT2D eigenvalue weighted by Crippen LogP contribution is -2.28. The van der Waals surface area contributed by atoms with E-state index >= 15 is 0 Å². The normalized spacial score (nSPS) is 14.9. The van der Waals surface area contributed by atoms with Crippen molar-refractivity contribution in [1.82, 2.24) is 10.3 Å². The molecule has 1 N–H and O–H groups in total. The second kappa shape index (κ2) is 6.01. The molecule has 3 nitrogen and oxygen atoms in total. The summed E-state index contributed by atoms with van der Waals surface area (Å²) in [5.74, 6) is 0. The molecule has 0 amide bonds. The van der Waals surface area contributed by atoms with Gasteiger partial charge in [-0.1, -0.05) is 13.3 Å². The zero-order valence-corrected chi connectivity index (χ0v) is 10.9. The molecule has 3 heteroatoms. The Labute approximate surface area is 104 Å². The van der Waals surface area contributed by atoms with Crippen LogP contribution in [0.15, 0.2) is 18.5 Å². The first-order valence-corrected chi connectivity index (χ1v) is 6.71. The predicted molar refractivity (Wildman–Crippen MR) is 72.3 cm³/mol. The molecular formula is C14H23N3. The fraction of sp³-hybridized carbons (Fsp3) is 0.643. The molecule has 1 heterocycles. The fourth-order valence-electron chi connectivity index (χ4n) is 2.24. The molecule has 0 aromatic carbocycles. The van der Waals surface area contributed by atoms with Crippen LogP contribution < -0.4 is 10.2 Å². The van der Waals surface area contributed by atoms with E-state index in [1.165, 1.54) is 43.5 Å². The van der Waals surface area contributed by atoms with Crippen molar-refractivity contribution in [2.45, 2.75) is 45.2 Å². The van der Waals surface area contributed by atoms with Gasteiger partial charge in [0, 0.05) is 42.8 Å². The van der Waals surface area contributed by atoms with Crippen LogP contribution in [0.4, 0.5) is 5.69 Å².